The molecule has 0 saturated carbocycles. The van der Waals surface area contributed by atoms with Gasteiger partial charge in [-0.1, -0.05) is 0 Å². The first-order valence-corrected chi connectivity index (χ1v) is 5.04. The number of hydrogen-bond donors (Lipinski definition) is 1. The van der Waals surface area contributed by atoms with E-state index < -0.39 is 0 Å². The van der Waals surface area contributed by atoms with Gasteiger partial charge in [-0.05, 0) is 26.7 Å². The molecule has 0 aliphatic carbocycles. The van der Waals surface area contributed by atoms with Crippen molar-refractivity contribution in [2.24, 2.45) is 0 Å². The number of hydrogen-bond acceptors (Lipinski definition) is 4. The van der Waals surface area contributed by atoms with Crippen molar-refractivity contribution >= 4 is 11.6 Å². The first-order chi connectivity index (χ1) is 6.70. The van der Waals surface area contributed by atoms with Crippen LogP contribution in [0.15, 0.2) is 6.33 Å². The van der Waals surface area contributed by atoms with E-state index in [-0.39, 0.29) is 0 Å². The molecule has 76 valence electrons. The van der Waals surface area contributed by atoms with Crippen molar-refractivity contribution in [1.82, 2.24) is 9.97 Å². The number of aromatic nitrogens is 2. The van der Waals surface area contributed by atoms with Crippen LogP contribution in [-0.4, -0.2) is 22.6 Å². The molecule has 4 nitrogen and oxygen atoms in total. The molecule has 1 aliphatic heterocycles. The van der Waals surface area contributed by atoms with E-state index in [1.54, 1.807) is 6.33 Å². The molecular weight excluding hydrogens is 176 g/mol. The standard InChI is InChI=1S/C10H16N4/c1-7-4-3-5-14(7)10-8(2)9(11)12-6-13-10/h6-7H,3-5H2,1-2H3,(H2,11,12,13). The Kier molecular flexibility index (Phi) is 2.27. The molecule has 2 N–H and O–H groups in total. The zero-order chi connectivity index (χ0) is 10.1. The summed E-state index contributed by atoms with van der Waals surface area (Å²) in [5.41, 5.74) is 6.76. The SMILES string of the molecule is Cc1c(N)ncnc1N1CCCC1C. The molecule has 1 unspecified atom stereocenters. The van der Waals surface area contributed by atoms with Gasteiger partial charge in [-0.2, -0.15) is 0 Å². The monoisotopic (exact) mass is 192 g/mol. The highest BCUT2D eigenvalue weighted by molar-refractivity contribution is 5.56. The number of nitrogens with two attached hydrogens (primary N) is 1. The lowest BCUT2D eigenvalue weighted by Gasteiger charge is -2.24. The van der Waals surface area contributed by atoms with E-state index in [2.05, 4.69) is 21.8 Å². The summed E-state index contributed by atoms with van der Waals surface area (Å²) < 4.78 is 0. The van der Waals surface area contributed by atoms with Gasteiger partial charge < -0.3 is 10.6 Å². The van der Waals surface area contributed by atoms with Crippen LogP contribution in [0, 0.1) is 6.92 Å². The molecule has 2 heterocycles. The molecule has 0 aromatic carbocycles. The van der Waals surface area contributed by atoms with Gasteiger partial charge in [0.1, 0.15) is 18.0 Å². The maximum Gasteiger partial charge on any atom is 0.137 e. The Balaban J connectivity index is 2.36. The van der Waals surface area contributed by atoms with E-state index in [4.69, 9.17) is 5.73 Å². The fourth-order valence-corrected chi connectivity index (χ4v) is 1.99. The van der Waals surface area contributed by atoms with Crippen LogP contribution in [0.25, 0.3) is 0 Å². The molecule has 0 bridgehead atoms. The van der Waals surface area contributed by atoms with E-state index in [1.165, 1.54) is 12.8 Å². The van der Waals surface area contributed by atoms with Crippen LogP contribution in [0.5, 0.6) is 0 Å². The van der Waals surface area contributed by atoms with Crippen LogP contribution < -0.4 is 10.6 Å². The van der Waals surface area contributed by atoms with Gasteiger partial charge in [-0.25, -0.2) is 9.97 Å². The Hall–Kier alpha value is -1.32. The van der Waals surface area contributed by atoms with Gasteiger partial charge in [0.15, 0.2) is 0 Å². The van der Waals surface area contributed by atoms with E-state index in [1.807, 2.05) is 6.92 Å². The van der Waals surface area contributed by atoms with E-state index in [9.17, 15) is 0 Å². The Morgan fingerprint density at radius 1 is 1.50 bits per heavy atom. The quantitative estimate of drug-likeness (QED) is 0.730. The summed E-state index contributed by atoms with van der Waals surface area (Å²) in [6.45, 7) is 5.29. The minimum absolute atomic E-state index is 0.572. The zero-order valence-electron chi connectivity index (χ0n) is 8.70. The van der Waals surface area contributed by atoms with Crippen molar-refractivity contribution in [3.8, 4) is 0 Å². The first kappa shape index (κ1) is 9.24. The lowest BCUT2D eigenvalue weighted by atomic mass is 10.2. The van der Waals surface area contributed by atoms with Crippen LogP contribution in [0.1, 0.15) is 25.3 Å². The minimum Gasteiger partial charge on any atom is -0.383 e. The molecule has 14 heavy (non-hydrogen) atoms. The third-order valence-corrected chi connectivity index (χ3v) is 2.92. The van der Waals surface area contributed by atoms with Gasteiger partial charge in [0.2, 0.25) is 0 Å². The topological polar surface area (TPSA) is 55.0 Å². The molecule has 1 aromatic rings. The van der Waals surface area contributed by atoms with E-state index in [0.29, 0.717) is 11.9 Å². The Morgan fingerprint density at radius 3 is 2.93 bits per heavy atom. The van der Waals surface area contributed by atoms with Crippen molar-refractivity contribution in [3.05, 3.63) is 11.9 Å². The maximum absolute atomic E-state index is 5.76. The van der Waals surface area contributed by atoms with Gasteiger partial charge in [0.25, 0.3) is 0 Å². The lowest BCUT2D eigenvalue weighted by Crippen LogP contribution is -2.28. The second-order valence-electron chi connectivity index (χ2n) is 3.89. The number of nitrogens with zero attached hydrogens (tertiary/aromatic N) is 3. The summed E-state index contributed by atoms with van der Waals surface area (Å²) in [4.78, 5) is 10.6. The van der Waals surface area contributed by atoms with Gasteiger partial charge in [-0.3, -0.25) is 0 Å². The van der Waals surface area contributed by atoms with Gasteiger partial charge in [-0.15, -0.1) is 0 Å². The molecule has 1 saturated heterocycles. The number of nitrogen functional groups attached to an aromatic ring is 1. The first-order valence-electron chi connectivity index (χ1n) is 5.04. The molecular formula is C10H16N4. The summed E-state index contributed by atoms with van der Waals surface area (Å²) in [6.07, 6.45) is 4.02. The minimum atomic E-state index is 0.572. The summed E-state index contributed by atoms with van der Waals surface area (Å²) in [7, 11) is 0. The van der Waals surface area contributed by atoms with Crippen molar-refractivity contribution in [3.63, 3.8) is 0 Å². The highest BCUT2D eigenvalue weighted by Gasteiger charge is 2.23. The van der Waals surface area contributed by atoms with Gasteiger partial charge >= 0.3 is 0 Å². The molecule has 0 radical (unpaired) electrons. The number of anilines is 2. The van der Waals surface area contributed by atoms with Crippen molar-refractivity contribution in [2.75, 3.05) is 17.2 Å². The predicted octanol–water partition coefficient (Wildman–Crippen LogP) is 1.36. The summed E-state index contributed by atoms with van der Waals surface area (Å²) in [5.74, 6) is 1.59. The fraction of sp³-hybridized carbons (Fsp3) is 0.600. The highest BCUT2D eigenvalue weighted by atomic mass is 15.2. The van der Waals surface area contributed by atoms with Crippen molar-refractivity contribution in [1.29, 1.82) is 0 Å². The van der Waals surface area contributed by atoms with Crippen molar-refractivity contribution in [2.45, 2.75) is 32.7 Å². The molecule has 2 rings (SSSR count). The average molecular weight is 192 g/mol. The number of rotatable bonds is 1. The second-order valence-corrected chi connectivity index (χ2v) is 3.89. The largest absolute Gasteiger partial charge is 0.383 e. The van der Waals surface area contributed by atoms with E-state index in [0.717, 1.165) is 17.9 Å². The summed E-state index contributed by atoms with van der Waals surface area (Å²) in [6, 6.07) is 0.572. The molecule has 4 heteroatoms. The van der Waals surface area contributed by atoms with Crippen LogP contribution in [-0.2, 0) is 0 Å². The Bertz CT molecular complexity index is 337. The predicted molar refractivity (Wildman–Crippen MR) is 57.2 cm³/mol. The fourth-order valence-electron chi connectivity index (χ4n) is 1.99. The Morgan fingerprint density at radius 2 is 2.29 bits per heavy atom. The van der Waals surface area contributed by atoms with Crippen LogP contribution in [0.2, 0.25) is 0 Å². The summed E-state index contributed by atoms with van der Waals surface area (Å²) in [5, 5.41) is 0. The smallest absolute Gasteiger partial charge is 0.137 e. The average Bonchev–Trinajstić information content (AvgIpc) is 2.57. The van der Waals surface area contributed by atoms with Gasteiger partial charge in [0.05, 0.1) is 0 Å². The molecule has 1 aromatic heterocycles. The van der Waals surface area contributed by atoms with Gasteiger partial charge in [0, 0.05) is 18.2 Å². The Labute approximate surface area is 84.2 Å². The lowest BCUT2D eigenvalue weighted by molar-refractivity contribution is 0.724. The molecule has 0 amide bonds. The molecule has 1 atom stereocenters. The van der Waals surface area contributed by atoms with Crippen LogP contribution in [0.4, 0.5) is 11.6 Å². The van der Waals surface area contributed by atoms with Crippen molar-refractivity contribution < 1.29 is 0 Å². The second kappa shape index (κ2) is 3.44. The maximum atomic E-state index is 5.76. The third-order valence-electron chi connectivity index (χ3n) is 2.92. The van der Waals surface area contributed by atoms with Crippen LogP contribution >= 0.6 is 0 Å². The molecule has 0 spiro atoms. The molecule has 1 aliphatic rings. The third kappa shape index (κ3) is 1.41. The van der Waals surface area contributed by atoms with E-state index >= 15 is 0 Å². The highest BCUT2D eigenvalue weighted by Crippen LogP contribution is 2.27. The molecule has 1 fully saturated rings. The van der Waals surface area contributed by atoms with Crippen LogP contribution in [0.3, 0.4) is 0 Å². The summed E-state index contributed by atoms with van der Waals surface area (Å²) >= 11 is 0. The zero-order valence-corrected chi connectivity index (χ0v) is 8.70. The normalized spacial score (nSPS) is 21.6.